The van der Waals surface area contributed by atoms with E-state index in [0.717, 1.165) is 12.1 Å². The van der Waals surface area contributed by atoms with Gasteiger partial charge in [-0.25, -0.2) is 4.98 Å². The molecular formula is C15H20N2S. The molecule has 0 fully saturated rings. The minimum absolute atomic E-state index is 0.478. The Morgan fingerprint density at radius 2 is 1.89 bits per heavy atom. The number of nitrogens with two attached hydrogens (primary N) is 1. The smallest absolute Gasteiger partial charge is 0.0960 e. The summed E-state index contributed by atoms with van der Waals surface area (Å²) in [6, 6.07) is 8.56. The average molecular weight is 260 g/mol. The molecule has 0 atom stereocenters. The molecule has 0 bridgehead atoms. The van der Waals surface area contributed by atoms with Crippen LogP contribution in [0.2, 0.25) is 0 Å². The maximum Gasteiger partial charge on any atom is 0.0960 e. The predicted molar refractivity (Wildman–Crippen MR) is 79.1 cm³/mol. The predicted octanol–water partition coefficient (Wildman–Crippen LogP) is 3.74. The van der Waals surface area contributed by atoms with Crippen LogP contribution in [0.15, 0.2) is 24.3 Å². The first-order valence-electron chi connectivity index (χ1n) is 6.38. The summed E-state index contributed by atoms with van der Waals surface area (Å²) in [5.74, 6) is 0.478. The Labute approximate surface area is 113 Å². The van der Waals surface area contributed by atoms with Crippen molar-refractivity contribution >= 4 is 11.3 Å². The van der Waals surface area contributed by atoms with Crippen LogP contribution in [0.4, 0.5) is 0 Å². The fraction of sp³-hybridized carbons (Fsp3) is 0.400. The molecule has 0 amide bonds. The third-order valence-electron chi connectivity index (χ3n) is 2.90. The van der Waals surface area contributed by atoms with E-state index in [1.54, 1.807) is 11.3 Å². The minimum atomic E-state index is 0.478. The van der Waals surface area contributed by atoms with Gasteiger partial charge in [0, 0.05) is 16.4 Å². The maximum absolute atomic E-state index is 5.70. The number of benzene rings is 1. The van der Waals surface area contributed by atoms with Crippen LogP contribution in [0, 0.1) is 6.92 Å². The van der Waals surface area contributed by atoms with Gasteiger partial charge in [0.1, 0.15) is 0 Å². The van der Waals surface area contributed by atoms with Gasteiger partial charge < -0.3 is 5.73 Å². The minimum Gasteiger partial charge on any atom is -0.330 e. The number of thiazole rings is 1. The fourth-order valence-corrected chi connectivity index (χ4v) is 2.96. The van der Waals surface area contributed by atoms with Gasteiger partial charge in [-0.15, -0.1) is 11.3 Å². The van der Waals surface area contributed by atoms with E-state index in [1.165, 1.54) is 21.0 Å². The monoisotopic (exact) mass is 260 g/mol. The zero-order valence-electron chi connectivity index (χ0n) is 11.2. The molecule has 0 saturated carbocycles. The second-order valence-electron chi connectivity index (χ2n) is 4.88. The summed E-state index contributed by atoms with van der Waals surface area (Å²) in [5, 5.41) is 1.20. The largest absolute Gasteiger partial charge is 0.330 e. The van der Waals surface area contributed by atoms with Crippen LogP contribution in [-0.4, -0.2) is 11.5 Å². The van der Waals surface area contributed by atoms with E-state index < -0.39 is 0 Å². The van der Waals surface area contributed by atoms with Gasteiger partial charge in [0.15, 0.2) is 0 Å². The van der Waals surface area contributed by atoms with Crippen molar-refractivity contribution in [1.29, 1.82) is 0 Å². The average Bonchev–Trinajstić information content (AvgIpc) is 2.75. The van der Waals surface area contributed by atoms with Crippen LogP contribution in [0.25, 0.3) is 11.3 Å². The van der Waals surface area contributed by atoms with Crippen molar-refractivity contribution in [3.05, 3.63) is 39.7 Å². The lowest BCUT2D eigenvalue weighted by Crippen LogP contribution is -2.02. The Morgan fingerprint density at radius 3 is 2.44 bits per heavy atom. The van der Waals surface area contributed by atoms with E-state index in [9.17, 15) is 0 Å². The highest BCUT2D eigenvalue weighted by molar-refractivity contribution is 7.12. The third-order valence-corrected chi connectivity index (χ3v) is 4.32. The molecule has 2 nitrogen and oxygen atoms in total. The molecule has 1 aromatic heterocycles. The lowest BCUT2D eigenvalue weighted by molar-refractivity contribution is 0.853. The number of hydrogen-bond donors (Lipinski definition) is 1. The molecule has 2 aromatic rings. The number of aromatic nitrogens is 1. The van der Waals surface area contributed by atoms with Crippen LogP contribution in [0.5, 0.6) is 0 Å². The summed E-state index contributed by atoms with van der Waals surface area (Å²) >= 11 is 1.80. The van der Waals surface area contributed by atoms with Crippen molar-refractivity contribution in [3.63, 3.8) is 0 Å². The molecule has 0 unspecified atom stereocenters. The normalized spacial score (nSPS) is 11.2. The van der Waals surface area contributed by atoms with Crippen LogP contribution in [0.3, 0.4) is 0 Å². The first kappa shape index (κ1) is 13.2. The fourth-order valence-electron chi connectivity index (χ4n) is 1.85. The summed E-state index contributed by atoms with van der Waals surface area (Å²) in [5.41, 5.74) is 9.29. The summed E-state index contributed by atoms with van der Waals surface area (Å²) in [4.78, 5) is 6.10. The molecule has 0 radical (unpaired) electrons. The van der Waals surface area contributed by atoms with Gasteiger partial charge in [-0.3, -0.25) is 0 Å². The van der Waals surface area contributed by atoms with Crippen molar-refractivity contribution in [2.24, 2.45) is 5.73 Å². The van der Waals surface area contributed by atoms with E-state index in [-0.39, 0.29) is 0 Å². The number of rotatable bonds is 4. The van der Waals surface area contributed by atoms with E-state index >= 15 is 0 Å². The quantitative estimate of drug-likeness (QED) is 0.909. The van der Waals surface area contributed by atoms with Crippen molar-refractivity contribution in [2.75, 3.05) is 6.54 Å². The Bertz CT molecular complexity index is 512. The van der Waals surface area contributed by atoms with Crippen molar-refractivity contribution < 1.29 is 0 Å². The Morgan fingerprint density at radius 1 is 1.22 bits per heavy atom. The third kappa shape index (κ3) is 2.79. The SMILES string of the molecule is Cc1ccc(-c2nc(C(C)C)sc2CCN)cc1. The zero-order valence-corrected chi connectivity index (χ0v) is 12.1. The molecule has 0 aliphatic carbocycles. The highest BCUT2D eigenvalue weighted by atomic mass is 32.1. The molecule has 18 heavy (non-hydrogen) atoms. The number of hydrogen-bond acceptors (Lipinski definition) is 3. The van der Waals surface area contributed by atoms with Crippen LogP contribution >= 0.6 is 11.3 Å². The van der Waals surface area contributed by atoms with Gasteiger partial charge >= 0.3 is 0 Å². The molecule has 2 N–H and O–H groups in total. The lowest BCUT2D eigenvalue weighted by Gasteiger charge is -2.01. The first-order valence-corrected chi connectivity index (χ1v) is 7.20. The molecule has 0 aliphatic rings. The molecule has 0 aliphatic heterocycles. The molecule has 1 heterocycles. The topological polar surface area (TPSA) is 38.9 Å². The molecule has 1 aromatic carbocycles. The Hall–Kier alpha value is -1.19. The van der Waals surface area contributed by atoms with Crippen molar-refractivity contribution in [2.45, 2.75) is 33.1 Å². The highest BCUT2D eigenvalue weighted by Crippen LogP contribution is 2.32. The van der Waals surface area contributed by atoms with Crippen molar-refractivity contribution in [3.8, 4) is 11.3 Å². The van der Waals surface area contributed by atoms with Crippen LogP contribution < -0.4 is 5.73 Å². The molecular weight excluding hydrogens is 240 g/mol. The maximum atomic E-state index is 5.70. The highest BCUT2D eigenvalue weighted by Gasteiger charge is 2.14. The van der Waals surface area contributed by atoms with Crippen LogP contribution in [0.1, 0.15) is 35.2 Å². The summed E-state index contributed by atoms with van der Waals surface area (Å²) in [6.45, 7) is 7.15. The van der Waals surface area contributed by atoms with E-state index in [2.05, 4.69) is 45.0 Å². The standard InChI is InChI=1S/C15H20N2S/c1-10(2)15-17-14(13(18-15)8-9-16)12-6-4-11(3)5-7-12/h4-7,10H,8-9,16H2,1-3H3. The summed E-state index contributed by atoms with van der Waals surface area (Å²) < 4.78 is 0. The van der Waals surface area contributed by atoms with Gasteiger partial charge in [0.2, 0.25) is 0 Å². The second kappa shape index (κ2) is 5.63. The van der Waals surface area contributed by atoms with E-state index in [4.69, 9.17) is 10.7 Å². The summed E-state index contributed by atoms with van der Waals surface area (Å²) in [7, 11) is 0. The van der Waals surface area contributed by atoms with Crippen molar-refractivity contribution in [1.82, 2.24) is 4.98 Å². The van der Waals surface area contributed by atoms with Gasteiger partial charge in [0.05, 0.1) is 10.7 Å². The van der Waals surface area contributed by atoms with Crippen LogP contribution in [-0.2, 0) is 6.42 Å². The number of nitrogens with zero attached hydrogens (tertiary/aromatic N) is 1. The van der Waals surface area contributed by atoms with Gasteiger partial charge in [-0.1, -0.05) is 43.7 Å². The number of aryl methyl sites for hydroxylation is 1. The van der Waals surface area contributed by atoms with Gasteiger partial charge in [-0.05, 0) is 19.9 Å². The lowest BCUT2D eigenvalue weighted by atomic mass is 10.1. The summed E-state index contributed by atoms with van der Waals surface area (Å²) in [6.07, 6.45) is 0.910. The molecule has 96 valence electrons. The Kier molecular flexibility index (Phi) is 4.15. The van der Waals surface area contributed by atoms with E-state index in [0.29, 0.717) is 12.5 Å². The first-order chi connectivity index (χ1) is 8.61. The molecule has 0 spiro atoms. The molecule has 2 rings (SSSR count). The molecule has 3 heteroatoms. The Balaban J connectivity index is 2.44. The zero-order chi connectivity index (χ0) is 13.1. The van der Waals surface area contributed by atoms with Gasteiger partial charge in [-0.2, -0.15) is 0 Å². The second-order valence-corrected chi connectivity index (χ2v) is 6.00. The van der Waals surface area contributed by atoms with E-state index in [1.807, 2.05) is 0 Å². The van der Waals surface area contributed by atoms with Gasteiger partial charge in [0.25, 0.3) is 0 Å². The molecule has 0 saturated heterocycles.